The number of hydrogen-bond acceptors (Lipinski definition) is 4. The predicted octanol–water partition coefficient (Wildman–Crippen LogP) is 2.36. The molecule has 1 unspecified atom stereocenters. The smallest absolute Gasteiger partial charge is 0.248 e. The molecule has 0 radical (unpaired) electrons. The van der Waals surface area contributed by atoms with Gasteiger partial charge in [0.2, 0.25) is 11.9 Å². The van der Waals surface area contributed by atoms with Crippen LogP contribution in [-0.2, 0) is 4.79 Å². The number of aromatic nitrogens is 3. The summed E-state index contributed by atoms with van der Waals surface area (Å²) in [7, 11) is 0. The summed E-state index contributed by atoms with van der Waals surface area (Å²) in [5.41, 5.74) is 7.16. The van der Waals surface area contributed by atoms with Crippen LogP contribution < -0.4 is 11.1 Å². The average molecular weight is 324 g/mol. The molecular weight excluding hydrogens is 313 g/mol. The van der Waals surface area contributed by atoms with Crippen molar-refractivity contribution in [2.45, 2.75) is 13.0 Å². The number of hydrogen-bond donors (Lipinski definition) is 2. The van der Waals surface area contributed by atoms with Crippen LogP contribution in [0.15, 0.2) is 35.8 Å². The standard InChI is InChI=1S/C13H11Cl2N5O/c1-6-9(12(16)21)11(20-13(19-6)17-5-18-20)7-3-2-4-8(14)10(7)15/h2-5,11H,1H3,(H2,16,21)(H,17,18,19). The Labute approximate surface area is 130 Å². The lowest BCUT2D eigenvalue weighted by Crippen LogP contribution is -2.32. The summed E-state index contributed by atoms with van der Waals surface area (Å²) in [6.07, 6.45) is 1.39. The molecular formula is C13H11Cl2N5O. The topological polar surface area (TPSA) is 85.8 Å². The number of amides is 1. The van der Waals surface area contributed by atoms with Crippen LogP contribution in [0.3, 0.4) is 0 Å². The SMILES string of the molecule is CC1=C(C(N)=O)C(c2cccc(Cl)c2Cl)n2ncnc2N1. The lowest BCUT2D eigenvalue weighted by atomic mass is 9.95. The largest absolute Gasteiger partial charge is 0.366 e. The number of nitrogens with zero attached hydrogens (tertiary/aromatic N) is 3. The second kappa shape index (κ2) is 5.05. The van der Waals surface area contributed by atoms with E-state index < -0.39 is 11.9 Å². The van der Waals surface area contributed by atoms with Crippen LogP contribution in [0.1, 0.15) is 18.5 Å². The van der Waals surface area contributed by atoms with Gasteiger partial charge in [-0.15, -0.1) is 0 Å². The maximum Gasteiger partial charge on any atom is 0.248 e. The van der Waals surface area contributed by atoms with E-state index in [-0.39, 0.29) is 0 Å². The van der Waals surface area contributed by atoms with Crippen molar-refractivity contribution < 1.29 is 4.79 Å². The van der Waals surface area contributed by atoms with Crippen LogP contribution in [0.5, 0.6) is 0 Å². The lowest BCUT2D eigenvalue weighted by Gasteiger charge is -2.28. The third kappa shape index (κ3) is 2.16. The van der Waals surface area contributed by atoms with Gasteiger partial charge in [0, 0.05) is 11.3 Å². The molecule has 0 saturated carbocycles. The summed E-state index contributed by atoms with van der Waals surface area (Å²) < 4.78 is 1.56. The predicted molar refractivity (Wildman–Crippen MR) is 80.1 cm³/mol. The van der Waals surface area contributed by atoms with Gasteiger partial charge in [0.25, 0.3) is 0 Å². The first-order valence-electron chi connectivity index (χ1n) is 6.11. The van der Waals surface area contributed by atoms with Crippen molar-refractivity contribution in [2.75, 3.05) is 5.32 Å². The number of carbonyl (C=O) groups is 1. The summed E-state index contributed by atoms with van der Waals surface area (Å²) in [6, 6.07) is 4.66. The number of rotatable bonds is 2. The van der Waals surface area contributed by atoms with Gasteiger partial charge >= 0.3 is 0 Å². The zero-order chi connectivity index (χ0) is 15.1. The monoisotopic (exact) mass is 323 g/mol. The highest BCUT2D eigenvalue weighted by atomic mass is 35.5. The molecule has 8 heteroatoms. The first kappa shape index (κ1) is 13.9. The Morgan fingerprint density at radius 1 is 1.43 bits per heavy atom. The third-order valence-corrected chi connectivity index (χ3v) is 4.17. The minimum Gasteiger partial charge on any atom is -0.366 e. The van der Waals surface area contributed by atoms with E-state index in [0.29, 0.717) is 32.8 Å². The van der Waals surface area contributed by atoms with Crippen molar-refractivity contribution in [1.82, 2.24) is 14.8 Å². The Kier molecular flexibility index (Phi) is 3.35. The number of allylic oxidation sites excluding steroid dienone is 1. The first-order valence-corrected chi connectivity index (χ1v) is 6.87. The number of nitrogens with one attached hydrogen (secondary N) is 1. The Morgan fingerprint density at radius 2 is 2.19 bits per heavy atom. The van der Waals surface area contributed by atoms with Gasteiger partial charge < -0.3 is 11.1 Å². The molecule has 2 aromatic rings. The van der Waals surface area contributed by atoms with E-state index in [0.717, 1.165) is 0 Å². The van der Waals surface area contributed by atoms with Gasteiger partial charge in [-0.2, -0.15) is 10.1 Å². The summed E-state index contributed by atoms with van der Waals surface area (Å²) >= 11 is 12.4. The number of carbonyl (C=O) groups excluding carboxylic acids is 1. The van der Waals surface area contributed by atoms with E-state index in [9.17, 15) is 4.79 Å². The fraction of sp³-hybridized carbons (Fsp3) is 0.154. The molecule has 1 aliphatic rings. The molecule has 1 atom stereocenters. The highest BCUT2D eigenvalue weighted by Gasteiger charge is 2.33. The zero-order valence-electron chi connectivity index (χ0n) is 11.0. The van der Waals surface area contributed by atoms with E-state index >= 15 is 0 Å². The van der Waals surface area contributed by atoms with Gasteiger partial charge in [0.15, 0.2) is 0 Å². The molecule has 1 aromatic heterocycles. The Balaban J connectivity index is 2.27. The molecule has 0 aliphatic carbocycles. The van der Waals surface area contributed by atoms with Crippen LogP contribution in [0, 0.1) is 0 Å². The number of benzene rings is 1. The van der Waals surface area contributed by atoms with Gasteiger partial charge in [0.1, 0.15) is 12.4 Å². The molecule has 0 fully saturated rings. The van der Waals surface area contributed by atoms with E-state index in [4.69, 9.17) is 28.9 Å². The van der Waals surface area contributed by atoms with Crippen molar-refractivity contribution in [3.05, 3.63) is 51.4 Å². The molecule has 1 amide bonds. The van der Waals surface area contributed by atoms with Crippen LogP contribution in [0.2, 0.25) is 10.0 Å². The van der Waals surface area contributed by atoms with Crippen LogP contribution in [-0.4, -0.2) is 20.7 Å². The van der Waals surface area contributed by atoms with Crippen molar-refractivity contribution >= 4 is 35.1 Å². The summed E-state index contributed by atoms with van der Waals surface area (Å²) in [6.45, 7) is 1.75. The average Bonchev–Trinajstić information content (AvgIpc) is 2.88. The fourth-order valence-electron chi connectivity index (χ4n) is 2.43. The highest BCUT2D eigenvalue weighted by molar-refractivity contribution is 6.42. The molecule has 0 saturated heterocycles. The molecule has 3 rings (SSSR count). The third-order valence-electron chi connectivity index (χ3n) is 3.34. The van der Waals surface area contributed by atoms with Crippen LogP contribution >= 0.6 is 23.2 Å². The van der Waals surface area contributed by atoms with E-state index in [1.165, 1.54) is 6.33 Å². The number of nitrogens with two attached hydrogens (primary N) is 1. The molecule has 6 nitrogen and oxygen atoms in total. The molecule has 1 aromatic carbocycles. The van der Waals surface area contributed by atoms with E-state index in [1.807, 2.05) is 0 Å². The normalized spacial score (nSPS) is 17.4. The minimum atomic E-state index is -0.563. The number of halogens is 2. The lowest BCUT2D eigenvalue weighted by molar-refractivity contribution is -0.115. The van der Waals surface area contributed by atoms with Gasteiger partial charge in [-0.05, 0) is 13.0 Å². The summed E-state index contributed by atoms with van der Waals surface area (Å²) in [5.74, 6) is -0.0410. The highest BCUT2D eigenvalue weighted by Crippen LogP contribution is 2.39. The summed E-state index contributed by atoms with van der Waals surface area (Å²) in [5, 5.41) is 7.91. The van der Waals surface area contributed by atoms with Crippen LogP contribution in [0.4, 0.5) is 5.95 Å². The molecule has 3 N–H and O–H groups in total. The molecule has 21 heavy (non-hydrogen) atoms. The van der Waals surface area contributed by atoms with Gasteiger partial charge in [-0.1, -0.05) is 35.3 Å². The molecule has 2 heterocycles. The number of fused-ring (bicyclic) bond motifs is 1. The number of anilines is 1. The zero-order valence-corrected chi connectivity index (χ0v) is 12.5. The molecule has 0 spiro atoms. The quantitative estimate of drug-likeness (QED) is 0.888. The minimum absolute atomic E-state index is 0.360. The van der Waals surface area contributed by atoms with Gasteiger partial charge in [0.05, 0.1) is 15.6 Å². The number of primary amides is 1. The first-order chi connectivity index (χ1) is 10.0. The summed E-state index contributed by atoms with van der Waals surface area (Å²) in [4.78, 5) is 16.0. The van der Waals surface area contributed by atoms with Gasteiger partial charge in [-0.3, -0.25) is 4.79 Å². The molecule has 108 valence electrons. The molecule has 1 aliphatic heterocycles. The maximum absolute atomic E-state index is 11.9. The Bertz CT molecular complexity index is 768. The Hall–Kier alpha value is -2.05. The van der Waals surface area contributed by atoms with Gasteiger partial charge in [-0.25, -0.2) is 4.68 Å². The molecule has 0 bridgehead atoms. The Morgan fingerprint density at radius 3 is 2.90 bits per heavy atom. The maximum atomic E-state index is 11.9. The second-order valence-corrected chi connectivity index (χ2v) is 5.39. The van der Waals surface area contributed by atoms with Crippen molar-refractivity contribution in [3.8, 4) is 0 Å². The van der Waals surface area contributed by atoms with E-state index in [2.05, 4.69) is 15.4 Å². The fourth-order valence-corrected chi connectivity index (χ4v) is 2.84. The second-order valence-electron chi connectivity index (χ2n) is 4.60. The van der Waals surface area contributed by atoms with Crippen molar-refractivity contribution in [3.63, 3.8) is 0 Å². The van der Waals surface area contributed by atoms with Crippen molar-refractivity contribution in [1.29, 1.82) is 0 Å². The van der Waals surface area contributed by atoms with Crippen molar-refractivity contribution in [2.24, 2.45) is 5.73 Å². The van der Waals surface area contributed by atoms with Crippen LogP contribution in [0.25, 0.3) is 0 Å². The van der Waals surface area contributed by atoms with E-state index in [1.54, 1.807) is 29.8 Å².